The molecule has 9 heteroatoms. The van der Waals surface area contributed by atoms with Crippen LogP contribution in [0.15, 0.2) is 53.3 Å². The van der Waals surface area contributed by atoms with Crippen LogP contribution in [0, 0.1) is 0 Å². The zero-order valence-corrected chi connectivity index (χ0v) is 17.0. The van der Waals surface area contributed by atoms with Crippen LogP contribution in [0.4, 0.5) is 13.2 Å². The molecular weight excluding hydrogens is 409 g/mol. The highest BCUT2D eigenvalue weighted by Crippen LogP contribution is 2.30. The van der Waals surface area contributed by atoms with Gasteiger partial charge in [0.2, 0.25) is 0 Å². The molecular formula is C22H23F3N4O2. The molecule has 0 amide bonds. The van der Waals surface area contributed by atoms with Crippen molar-refractivity contribution >= 4 is 0 Å². The summed E-state index contributed by atoms with van der Waals surface area (Å²) in [5, 5.41) is 4.48. The summed E-state index contributed by atoms with van der Waals surface area (Å²) in [5.74, 6) is 1.28. The molecule has 1 saturated heterocycles. The predicted molar refractivity (Wildman–Crippen MR) is 109 cm³/mol. The van der Waals surface area contributed by atoms with Crippen LogP contribution in [-0.2, 0) is 12.7 Å². The highest BCUT2D eigenvalue weighted by molar-refractivity contribution is 5.36. The van der Waals surface area contributed by atoms with Gasteiger partial charge in [-0.05, 0) is 55.3 Å². The minimum absolute atomic E-state index is 0.00625. The third-order valence-electron chi connectivity index (χ3n) is 5.50. The summed E-state index contributed by atoms with van der Waals surface area (Å²) in [6, 6.07) is 12.5. The average molecular weight is 432 g/mol. The first-order valence-corrected chi connectivity index (χ1v) is 10.1. The Morgan fingerprint density at radius 3 is 2.68 bits per heavy atom. The molecule has 1 N–H and O–H groups in total. The Bertz CT molecular complexity index is 1090. The van der Waals surface area contributed by atoms with E-state index < -0.39 is 11.7 Å². The van der Waals surface area contributed by atoms with Crippen LogP contribution in [0.1, 0.15) is 35.7 Å². The lowest BCUT2D eigenvalue weighted by molar-refractivity contribution is -0.137. The van der Waals surface area contributed by atoms with Crippen molar-refractivity contribution in [3.63, 3.8) is 0 Å². The lowest BCUT2D eigenvalue weighted by Crippen LogP contribution is -2.34. The maximum Gasteiger partial charge on any atom is 0.416 e. The number of nitrogens with one attached hydrogen (secondary N) is 1. The zero-order chi connectivity index (χ0) is 22.0. The van der Waals surface area contributed by atoms with E-state index in [1.165, 1.54) is 16.8 Å². The van der Waals surface area contributed by atoms with Gasteiger partial charge in [-0.3, -0.25) is 9.88 Å². The van der Waals surface area contributed by atoms with Crippen LogP contribution in [0.2, 0.25) is 0 Å². The van der Waals surface area contributed by atoms with Crippen molar-refractivity contribution in [2.45, 2.75) is 31.5 Å². The number of aromatic nitrogens is 3. The topological polar surface area (TPSA) is 63.1 Å². The first-order valence-electron chi connectivity index (χ1n) is 10.1. The smallest absolute Gasteiger partial charge is 0.416 e. The number of H-pyrrole nitrogens is 1. The third-order valence-corrected chi connectivity index (χ3v) is 5.50. The van der Waals surface area contributed by atoms with E-state index in [1.54, 1.807) is 37.4 Å². The molecule has 2 aromatic carbocycles. The Labute approximate surface area is 177 Å². The average Bonchev–Trinajstić information content (AvgIpc) is 3.15. The summed E-state index contributed by atoms with van der Waals surface area (Å²) >= 11 is 0. The normalized spacial score (nSPS) is 17.6. The number of rotatable bonds is 5. The molecule has 1 aromatic heterocycles. The molecule has 1 unspecified atom stereocenters. The van der Waals surface area contributed by atoms with Crippen molar-refractivity contribution in [1.29, 1.82) is 0 Å². The van der Waals surface area contributed by atoms with Gasteiger partial charge >= 0.3 is 11.9 Å². The molecule has 2 heterocycles. The molecule has 1 aliphatic heterocycles. The number of halogens is 3. The van der Waals surface area contributed by atoms with Crippen LogP contribution in [0.3, 0.4) is 0 Å². The van der Waals surface area contributed by atoms with Gasteiger partial charge in [0.25, 0.3) is 0 Å². The fourth-order valence-corrected chi connectivity index (χ4v) is 3.95. The summed E-state index contributed by atoms with van der Waals surface area (Å²) < 4.78 is 45.4. The molecule has 0 aliphatic carbocycles. The van der Waals surface area contributed by atoms with Crippen LogP contribution in [-0.4, -0.2) is 39.9 Å². The largest absolute Gasteiger partial charge is 0.497 e. The summed E-state index contributed by atoms with van der Waals surface area (Å²) in [7, 11) is 1.57. The molecule has 0 saturated carbocycles. The van der Waals surface area contributed by atoms with Crippen LogP contribution in [0.5, 0.6) is 5.75 Å². The van der Waals surface area contributed by atoms with Crippen LogP contribution < -0.4 is 10.4 Å². The van der Waals surface area contributed by atoms with Gasteiger partial charge in [0.05, 0.1) is 18.4 Å². The summed E-state index contributed by atoms with van der Waals surface area (Å²) in [6.07, 6.45) is -2.62. The fourth-order valence-electron chi connectivity index (χ4n) is 3.95. The number of piperidine rings is 1. The van der Waals surface area contributed by atoms with Crippen molar-refractivity contribution in [3.8, 4) is 11.4 Å². The third kappa shape index (κ3) is 4.82. The Kier molecular flexibility index (Phi) is 5.86. The van der Waals surface area contributed by atoms with Crippen molar-refractivity contribution in [1.82, 2.24) is 19.7 Å². The zero-order valence-electron chi connectivity index (χ0n) is 17.0. The Morgan fingerprint density at radius 2 is 1.97 bits per heavy atom. The highest BCUT2D eigenvalue weighted by atomic mass is 19.4. The molecule has 164 valence electrons. The van der Waals surface area contributed by atoms with E-state index in [0.29, 0.717) is 35.9 Å². The molecule has 1 atom stereocenters. The number of methoxy groups -OCH3 is 1. The van der Waals surface area contributed by atoms with Crippen LogP contribution in [0.25, 0.3) is 5.69 Å². The fraction of sp³-hybridized carbons (Fsp3) is 0.364. The monoisotopic (exact) mass is 432 g/mol. The van der Waals surface area contributed by atoms with Crippen molar-refractivity contribution in [2.24, 2.45) is 0 Å². The summed E-state index contributed by atoms with van der Waals surface area (Å²) in [5.41, 5.74) is 0.286. The number of ether oxygens (including phenoxy) is 1. The Morgan fingerprint density at radius 1 is 1.19 bits per heavy atom. The Hall–Kier alpha value is -3.07. The second kappa shape index (κ2) is 8.58. The number of benzene rings is 2. The first-order chi connectivity index (χ1) is 14.8. The standard InChI is InChI=1S/C22H23F3N4O2/c1-31-19-9-7-18(8-10-19)29-21(30)26-20(27-29)16-5-3-11-28(14-16)13-15-4-2-6-17(12-15)22(23,24)25/h2,4,6-10,12,16H,3,5,11,13-14H2,1H3,(H,26,27,30). The van der Waals surface area contributed by atoms with E-state index >= 15 is 0 Å². The van der Waals surface area contributed by atoms with Crippen molar-refractivity contribution in [3.05, 3.63) is 76.0 Å². The molecule has 0 bridgehead atoms. The molecule has 1 fully saturated rings. The number of hydrogen-bond acceptors (Lipinski definition) is 4. The lowest BCUT2D eigenvalue weighted by atomic mass is 9.97. The Balaban J connectivity index is 1.48. The van der Waals surface area contributed by atoms with E-state index in [-0.39, 0.29) is 11.6 Å². The number of aromatic amines is 1. The molecule has 4 rings (SSSR count). The van der Waals surface area contributed by atoms with Gasteiger partial charge in [-0.15, -0.1) is 5.10 Å². The molecule has 0 radical (unpaired) electrons. The maximum atomic E-state index is 13.0. The van der Waals surface area contributed by atoms with Crippen LogP contribution >= 0.6 is 0 Å². The molecule has 31 heavy (non-hydrogen) atoms. The predicted octanol–water partition coefficient (Wildman–Crippen LogP) is 3.97. The van der Waals surface area contributed by atoms with E-state index in [0.717, 1.165) is 25.5 Å². The molecule has 3 aromatic rings. The number of alkyl halides is 3. The molecule has 6 nitrogen and oxygen atoms in total. The number of nitrogens with zero attached hydrogens (tertiary/aromatic N) is 3. The lowest BCUT2D eigenvalue weighted by Gasteiger charge is -2.31. The van der Waals surface area contributed by atoms with Gasteiger partial charge in [0.15, 0.2) is 0 Å². The van der Waals surface area contributed by atoms with Crippen molar-refractivity contribution < 1.29 is 17.9 Å². The maximum absolute atomic E-state index is 13.0. The van der Waals surface area contributed by atoms with Gasteiger partial charge in [-0.2, -0.15) is 17.9 Å². The van der Waals surface area contributed by atoms with E-state index in [9.17, 15) is 18.0 Å². The van der Waals surface area contributed by atoms with Gasteiger partial charge < -0.3 is 4.74 Å². The summed E-state index contributed by atoms with van der Waals surface area (Å²) in [4.78, 5) is 17.4. The highest BCUT2D eigenvalue weighted by Gasteiger charge is 2.31. The number of likely N-dealkylation sites (tertiary alicyclic amines) is 1. The quantitative estimate of drug-likeness (QED) is 0.663. The van der Waals surface area contributed by atoms with Gasteiger partial charge in [0, 0.05) is 19.0 Å². The van der Waals surface area contributed by atoms with E-state index in [2.05, 4.69) is 15.0 Å². The van der Waals surface area contributed by atoms with E-state index in [4.69, 9.17) is 4.74 Å². The van der Waals surface area contributed by atoms with E-state index in [1.807, 2.05) is 0 Å². The minimum atomic E-state index is -4.35. The minimum Gasteiger partial charge on any atom is -0.497 e. The second-order valence-corrected chi connectivity index (χ2v) is 7.70. The number of hydrogen-bond donors (Lipinski definition) is 1. The first kappa shape index (κ1) is 21.2. The van der Waals surface area contributed by atoms with Crippen molar-refractivity contribution in [2.75, 3.05) is 20.2 Å². The van der Waals surface area contributed by atoms with Gasteiger partial charge in [0.1, 0.15) is 11.6 Å². The SMILES string of the molecule is COc1ccc(-n2nc(C3CCCN(Cc4cccc(C(F)(F)F)c4)C3)[nH]c2=O)cc1. The second-order valence-electron chi connectivity index (χ2n) is 7.70. The molecule has 0 spiro atoms. The van der Waals surface area contributed by atoms with Gasteiger partial charge in [-0.25, -0.2) is 4.79 Å². The van der Waals surface area contributed by atoms with Gasteiger partial charge in [-0.1, -0.05) is 18.2 Å². The summed E-state index contributed by atoms with van der Waals surface area (Å²) in [6.45, 7) is 1.83. The molecule has 1 aliphatic rings.